The van der Waals surface area contributed by atoms with E-state index in [2.05, 4.69) is 25.5 Å². The molecule has 0 aliphatic carbocycles. The molecule has 1 aliphatic heterocycles. The zero-order valence-electron chi connectivity index (χ0n) is 16.1. The summed E-state index contributed by atoms with van der Waals surface area (Å²) in [4.78, 5) is 23.7. The molecular weight excluding hydrogens is 372 g/mol. The fourth-order valence-corrected chi connectivity index (χ4v) is 4.54. The van der Waals surface area contributed by atoms with Gasteiger partial charge < -0.3 is 19.6 Å². The van der Waals surface area contributed by atoms with Gasteiger partial charge in [0.15, 0.2) is 0 Å². The summed E-state index contributed by atoms with van der Waals surface area (Å²) in [5.41, 5.74) is 1.35. The third-order valence-electron chi connectivity index (χ3n) is 5.48. The number of aromatic nitrogens is 3. The fraction of sp³-hybridized carbons (Fsp3) is 0.429. The average molecular weight is 399 g/mol. The Morgan fingerprint density at radius 2 is 2.25 bits per heavy atom. The van der Waals surface area contributed by atoms with E-state index in [9.17, 15) is 9.90 Å². The van der Waals surface area contributed by atoms with Crippen LogP contribution >= 0.6 is 11.8 Å². The van der Waals surface area contributed by atoms with Gasteiger partial charge in [-0.15, -0.1) is 11.8 Å². The molecule has 3 heterocycles. The highest BCUT2D eigenvalue weighted by Crippen LogP contribution is 2.24. The number of hydrogen-bond donors (Lipinski definition) is 2. The van der Waals surface area contributed by atoms with E-state index in [4.69, 9.17) is 0 Å². The van der Waals surface area contributed by atoms with Crippen molar-refractivity contribution in [3.8, 4) is 11.4 Å². The van der Waals surface area contributed by atoms with Crippen LogP contribution in [0.4, 0.5) is 0 Å². The van der Waals surface area contributed by atoms with Crippen LogP contribution in [-0.4, -0.2) is 57.0 Å². The van der Waals surface area contributed by atoms with Crippen molar-refractivity contribution in [3.63, 3.8) is 0 Å². The Morgan fingerprint density at radius 3 is 3.07 bits per heavy atom. The SMILES string of the molecule is CSc1ccc2cc(-c3nccn3CC3CCCN(CCO)C3)c(=O)[nH]c2c1. The minimum absolute atomic E-state index is 0.108. The zero-order valence-corrected chi connectivity index (χ0v) is 16.9. The lowest BCUT2D eigenvalue weighted by molar-refractivity contribution is 0.132. The Hall–Kier alpha value is -2.09. The molecule has 1 atom stereocenters. The van der Waals surface area contributed by atoms with Gasteiger partial charge in [-0.2, -0.15) is 0 Å². The number of fused-ring (bicyclic) bond motifs is 1. The van der Waals surface area contributed by atoms with Gasteiger partial charge >= 0.3 is 0 Å². The number of aliphatic hydroxyl groups excluding tert-OH is 1. The summed E-state index contributed by atoms with van der Waals surface area (Å²) >= 11 is 1.66. The summed E-state index contributed by atoms with van der Waals surface area (Å²) in [6.45, 7) is 3.80. The normalized spacial score (nSPS) is 18.0. The maximum Gasteiger partial charge on any atom is 0.259 e. The summed E-state index contributed by atoms with van der Waals surface area (Å²) in [6.07, 6.45) is 8.05. The maximum absolute atomic E-state index is 12.8. The molecule has 4 rings (SSSR count). The van der Waals surface area contributed by atoms with E-state index in [1.807, 2.05) is 30.7 Å². The number of H-pyrrole nitrogens is 1. The predicted molar refractivity (Wildman–Crippen MR) is 114 cm³/mol. The highest BCUT2D eigenvalue weighted by atomic mass is 32.2. The van der Waals surface area contributed by atoms with Crippen LogP contribution < -0.4 is 5.56 Å². The van der Waals surface area contributed by atoms with Crippen LogP contribution in [-0.2, 0) is 6.54 Å². The van der Waals surface area contributed by atoms with Crippen LogP contribution in [0.1, 0.15) is 12.8 Å². The lowest BCUT2D eigenvalue weighted by Crippen LogP contribution is -2.38. The summed E-state index contributed by atoms with van der Waals surface area (Å²) in [6, 6.07) is 8.06. The summed E-state index contributed by atoms with van der Waals surface area (Å²) in [5, 5.41) is 10.2. The average Bonchev–Trinajstić information content (AvgIpc) is 3.15. The number of nitrogens with one attached hydrogen (secondary N) is 1. The highest BCUT2D eigenvalue weighted by Gasteiger charge is 2.21. The maximum atomic E-state index is 12.8. The molecule has 1 aliphatic rings. The number of rotatable bonds is 6. The standard InChI is InChI=1S/C21H26N4O2S/c1-28-17-5-4-16-11-18(21(27)23-19(16)12-17)20-22-6-8-25(20)14-15-3-2-7-24(13-15)9-10-26/h4-6,8,11-12,15,26H,2-3,7,9-10,13-14H2,1H3,(H,23,27). The van der Waals surface area contributed by atoms with Crippen molar-refractivity contribution in [2.24, 2.45) is 5.92 Å². The van der Waals surface area contributed by atoms with Crippen LogP contribution in [0.25, 0.3) is 22.3 Å². The van der Waals surface area contributed by atoms with E-state index in [0.29, 0.717) is 11.5 Å². The third-order valence-corrected chi connectivity index (χ3v) is 6.21. The van der Waals surface area contributed by atoms with E-state index >= 15 is 0 Å². The molecule has 2 N–H and O–H groups in total. The van der Waals surface area contributed by atoms with Crippen molar-refractivity contribution in [2.75, 3.05) is 32.5 Å². The van der Waals surface area contributed by atoms with Crippen LogP contribution in [0.15, 0.2) is 46.3 Å². The van der Waals surface area contributed by atoms with Crippen LogP contribution in [0.2, 0.25) is 0 Å². The summed E-state index contributed by atoms with van der Waals surface area (Å²) in [7, 11) is 0. The van der Waals surface area contributed by atoms with Crippen molar-refractivity contribution >= 4 is 22.7 Å². The van der Waals surface area contributed by atoms with Gasteiger partial charge in [-0.3, -0.25) is 4.79 Å². The van der Waals surface area contributed by atoms with Crippen LogP contribution in [0.3, 0.4) is 0 Å². The van der Waals surface area contributed by atoms with Crippen LogP contribution in [0.5, 0.6) is 0 Å². The Kier molecular flexibility index (Phi) is 5.85. The number of benzene rings is 1. The van der Waals surface area contributed by atoms with Gasteiger partial charge in [-0.05, 0) is 55.1 Å². The molecule has 3 aromatic rings. The molecule has 1 saturated heterocycles. The first-order valence-corrected chi connectivity index (χ1v) is 11.0. The summed E-state index contributed by atoms with van der Waals surface area (Å²) < 4.78 is 2.10. The Bertz CT molecular complexity index is 1010. The second-order valence-electron chi connectivity index (χ2n) is 7.40. The number of hydrogen-bond acceptors (Lipinski definition) is 5. The van der Waals surface area contributed by atoms with E-state index in [-0.39, 0.29) is 12.2 Å². The molecule has 7 heteroatoms. The van der Waals surface area contributed by atoms with Crippen molar-refractivity contribution in [2.45, 2.75) is 24.3 Å². The molecule has 6 nitrogen and oxygen atoms in total. The van der Waals surface area contributed by atoms with E-state index in [1.54, 1.807) is 18.0 Å². The molecule has 0 spiro atoms. The number of imidazole rings is 1. The number of aromatic amines is 1. The zero-order chi connectivity index (χ0) is 19.5. The molecular formula is C21H26N4O2S. The monoisotopic (exact) mass is 398 g/mol. The first-order valence-electron chi connectivity index (χ1n) is 9.73. The van der Waals surface area contributed by atoms with Gasteiger partial charge in [-0.1, -0.05) is 6.07 Å². The Labute approximate surface area is 168 Å². The largest absolute Gasteiger partial charge is 0.395 e. The topological polar surface area (TPSA) is 74.2 Å². The fourth-order valence-electron chi connectivity index (χ4n) is 4.10. The first-order chi connectivity index (χ1) is 13.7. The highest BCUT2D eigenvalue weighted by molar-refractivity contribution is 7.98. The van der Waals surface area contributed by atoms with Gasteiger partial charge in [0.1, 0.15) is 5.82 Å². The predicted octanol–water partition coefficient (Wildman–Crippen LogP) is 2.82. The molecule has 1 aromatic carbocycles. The summed E-state index contributed by atoms with van der Waals surface area (Å²) in [5.74, 6) is 1.22. The number of thioether (sulfide) groups is 1. The van der Waals surface area contributed by atoms with Crippen molar-refractivity contribution in [3.05, 3.63) is 47.0 Å². The molecule has 0 saturated carbocycles. The van der Waals surface area contributed by atoms with E-state index in [0.717, 1.165) is 60.6 Å². The number of pyridine rings is 1. The number of likely N-dealkylation sites (tertiary alicyclic amines) is 1. The van der Waals surface area contributed by atoms with Gasteiger partial charge in [0.25, 0.3) is 5.56 Å². The molecule has 0 bridgehead atoms. The second-order valence-corrected chi connectivity index (χ2v) is 8.28. The number of β-amino-alcohol motifs (C(OH)–C–C–N with tert-alkyl or cyclic N) is 1. The Morgan fingerprint density at radius 1 is 1.36 bits per heavy atom. The van der Waals surface area contributed by atoms with Crippen molar-refractivity contribution < 1.29 is 5.11 Å². The molecule has 1 fully saturated rings. The first kappa shape index (κ1) is 19.2. The van der Waals surface area contributed by atoms with Gasteiger partial charge in [-0.25, -0.2) is 4.98 Å². The molecule has 0 amide bonds. The quantitative estimate of drug-likeness (QED) is 0.625. The molecule has 1 unspecified atom stereocenters. The van der Waals surface area contributed by atoms with Crippen molar-refractivity contribution in [1.29, 1.82) is 0 Å². The van der Waals surface area contributed by atoms with Gasteiger partial charge in [0.2, 0.25) is 0 Å². The number of aliphatic hydroxyl groups is 1. The van der Waals surface area contributed by atoms with Crippen molar-refractivity contribution in [1.82, 2.24) is 19.4 Å². The minimum atomic E-state index is -0.108. The molecule has 148 valence electrons. The number of piperidine rings is 1. The molecule has 2 aromatic heterocycles. The Balaban J connectivity index is 1.62. The third kappa shape index (κ3) is 4.01. The van der Waals surface area contributed by atoms with Gasteiger partial charge in [0, 0.05) is 42.4 Å². The van der Waals surface area contributed by atoms with E-state index < -0.39 is 0 Å². The second kappa shape index (κ2) is 8.51. The lowest BCUT2D eigenvalue weighted by atomic mass is 9.98. The van der Waals surface area contributed by atoms with E-state index in [1.165, 1.54) is 0 Å². The van der Waals surface area contributed by atoms with Crippen LogP contribution in [0, 0.1) is 5.92 Å². The number of nitrogens with zero attached hydrogens (tertiary/aromatic N) is 3. The lowest BCUT2D eigenvalue weighted by Gasteiger charge is -2.32. The molecule has 0 radical (unpaired) electrons. The minimum Gasteiger partial charge on any atom is -0.395 e. The smallest absolute Gasteiger partial charge is 0.259 e. The molecule has 28 heavy (non-hydrogen) atoms. The van der Waals surface area contributed by atoms with Gasteiger partial charge in [0.05, 0.1) is 12.2 Å².